The van der Waals surface area contributed by atoms with Crippen LogP contribution >= 0.6 is 0 Å². The Kier molecular flexibility index (Phi) is 5.12. The Morgan fingerprint density at radius 1 is 1.32 bits per heavy atom. The molecule has 0 amide bonds. The standard InChI is InChI=1S/C15H20N2O2/c1-19-15(18)7-6-13-2-4-14(5-3-13)12-17-10-8-16-9-11-17/h2-7,16H,8-12H2,1H3. The summed E-state index contributed by atoms with van der Waals surface area (Å²) in [5.74, 6) is -0.329. The van der Waals surface area contributed by atoms with E-state index in [1.807, 2.05) is 12.1 Å². The molecule has 0 aromatic heterocycles. The number of ether oxygens (including phenoxy) is 1. The summed E-state index contributed by atoms with van der Waals surface area (Å²) in [5, 5.41) is 3.35. The Hall–Kier alpha value is -1.65. The van der Waals surface area contributed by atoms with Gasteiger partial charge in [-0.05, 0) is 17.2 Å². The van der Waals surface area contributed by atoms with E-state index < -0.39 is 0 Å². The van der Waals surface area contributed by atoms with E-state index in [0.29, 0.717) is 0 Å². The van der Waals surface area contributed by atoms with Gasteiger partial charge in [0.05, 0.1) is 7.11 Å². The third-order valence-electron chi connectivity index (χ3n) is 3.21. The molecule has 4 heteroatoms. The number of piperazine rings is 1. The molecule has 1 fully saturated rings. The fourth-order valence-corrected chi connectivity index (χ4v) is 2.09. The number of hydrogen-bond donors (Lipinski definition) is 1. The average Bonchev–Trinajstić information content (AvgIpc) is 2.47. The zero-order valence-corrected chi connectivity index (χ0v) is 11.3. The minimum Gasteiger partial charge on any atom is -0.466 e. The molecule has 1 aliphatic rings. The van der Waals surface area contributed by atoms with E-state index in [0.717, 1.165) is 38.3 Å². The number of methoxy groups -OCH3 is 1. The zero-order valence-electron chi connectivity index (χ0n) is 11.3. The summed E-state index contributed by atoms with van der Waals surface area (Å²) in [6, 6.07) is 8.27. The molecule has 2 rings (SSSR count). The van der Waals surface area contributed by atoms with Gasteiger partial charge in [0, 0.05) is 38.8 Å². The molecular weight excluding hydrogens is 240 g/mol. The maximum atomic E-state index is 11.0. The highest BCUT2D eigenvalue weighted by atomic mass is 16.5. The molecule has 0 aliphatic carbocycles. The van der Waals surface area contributed by atoms with Crippen molar-refractivity contribution in [3.05, 3.63) is 41.5 Å². The van der Waals surface area contributed by atoms with Crippen LogP contribution in [0.1, 0.15) is 11.1 Å². The van der Waals surface area contributed by atoms with Crippen LogP contribution in [0.4, 0.5) is 0 Å². The van der Waals surface area contributed by atoms with Crippen LogP contribution in [-0.2, 0) is 16.1 Å². The highest BCUT2D eigenvalue weighted by Gasteiger charge is 2.09. The van der Waals surface area contributed by atoms with E-state index in [1.54, 1.807) is 6.08 Å². The summed E-state index contributed by atoms with van der Waals surface area (Å²) < 4.78 is 4.56. The van der Waals surface area contributed by atoms with Crippen molar-refractivity contribution < 1.29 is 9.53 Å². The van der Waals surface area contributed by atoms with Crippen LogP contribution in [0.25, 0.3) is 6.08 Å². The monoisotopic (exact) mass is 260 g/mol. The summed E-state index contributed by atoms with van der Waals surface area (Å²) in [6.07, 6.45) is 3.20. The van der Waals surface area contributed by atoms with Crippen LogP contribution in [0.3, 0.4) is 0 Å². The van der Waals surface area contributed by atoms with Gasteiger partial charge >= 0.3 is 5.97 Å². The van der Waals surface area contributed by atoms with E-state index in [4.69, 9.17) is 0 Å². The summed E-state index contributed by atoms with van der Waals surface area (Å²) in [5.41, 5.74) is 2.31. The topological polar surface area (TPSA) is 41.6 Å². The van der Waals surface area contributed by atoms with Gasteiger partial charge < -0.3 is 10.1 Å². The van der Waals surface area contributed by atoms with Crippen LogP contribution in [0.5, 0.6) is 0 Å². The lowest BCUT2D eigenvalue weighted by atomic mass is 10.1. The molecule has 19 heavy (non-hydrogen) atoms. The Labute approximate surface area is 114 Å². The van der Waals surface area contributed by atoms with E-state index in [1.165, 1.54) is 18.7 Å². The van der Waals surface area contributed by atoms with Crippen molar-refractivity contribution in [3.63, 3.8) is 0 Å². The largest absolute Gasteiger partial charge is 0.466 e. The Bertz CT molecular complexity index is 434. The van der Waals surface area contributed by atoms with Crippen LogP contribution < -0.4 is 5.32 Å². The summed E-state index contributed by atoms with van der Waals surface area (Å²) in [4.78, 5) is 13.4. The summed E-state index contributed by atoms with van der Waals surface area (Å²) in [7, 11) is 1.38. The van der Waals surface area contributed by atoms with Gasteiger partial charge in [-0.25, -0.2) is 4.79 Å². The van der Waals surface area contributed by atoms with Crippen molar-refractivity contribution in [2.45, 2.75) is 6.54 Å². The van der Waals surface area contributed by atoms with Gasteiger partial charge in [0.2, 0.25) is 0 Å². The predicted molar refractivity (Wildman–Crippen MR) is 75.6 cm³/mol. The fraction of sp³-hybridized carbons (Fsp3) is 0.400. The number of rotatable bonds is 4. The quantitative estimate of drug-likeness (QED) is 0.654. The van der Waals surface area contributed by atoms with Gasteiger partial charge in [-0.3, -0.25) is 4.90 Å². The molecule has 0 spiro atoms. The van der Waals surface area contributed by atoms with Crippen molar-refractivity contribution >= 4 is 12.0 Å². The molecule has 4 nitrogen and oxygen atoms in total. The normalized spacial score (nSPS) is 16.7. The molecule has 1 aromatic rings. The number of benzene rings is 1. The maximum absolute atomic E-state index is 11.0. The minimum absolute atomic E-state index is 0.329. The van der Waals surface area contributed by atoms with Crippen molar-refractivity contribution in [1.29, 1.82) is 0 Å². The number of nitrogens with one attached hydrogen (secondary N) is 1. The van der Waals surface area contributed by atoms with E-state index in [-0.39, 0.29) is 5.97 Å². The molecular formula is C15H20N2O2. The number of nitrogens with zero attached hydrogens (tertiary/aromatic N) is 1. The van der Waals surface area contributed by atoms with Gasteiger partial charge in [-0.15, -0.1) is 0 Å². The Morgan fingerprint density at radius 2 is 2.00 bits per heavy atom. The second kappa shape index (κ2) is 7.07. The second-order valence-corrected chi connectivity index (χ2v) is 4.62. The van der Waals surface area contributed by atoms with Gasteiger partial charge in [-0.2, -0.15) is 0 Å². The van der Waals surface area contributed by atoms with E-state index >= 15 is 0 Å². The molecule has 1 aliphatic heterocycles. The van der Waals surface area contributed by atoms with Crippen LogP contribution in [0.2, 0.25) is 0 Å². The molecule has 1 aromatic carbocycles. The average molecular weight is 260 g/mol. The first-order valence-electron chi connectivity index (χ1n) is 6.56. The molecule has 0 bridgehead atoms. The minimum atomic E-state index is -0.329. The highest BCUT2D eigenvalue weighted by Crippen LogP contribution is 2.09. The fourth-order valence-electron chi connectivity index (χ4n) is 2.09. The smallest absolute Gasteiger partial charge is 0.330 e. The summed E-state index contributed by atoms with van der Waals surface area (Å²) in [6.45, 7) is 5.33. The van der Waals surface area contributed by atoms with Crippen molar-refractivity contribution in [2.24, 2.45) is 0 Å². The third kappa shape index (κ3) is 4.50. The van der Waals surface area contributed by atoms with E-state index in [2.05, 4.69) is 27.1 Å². The molecule has 102 valence electrons. The SMILES string of the molecule is COC(=O)C=Cc1ccc(CN2CCNCC2)cc1. The van der Waals surface area contributed by atoms with Gasteiger partial charge in [0.15, 0.2) is 0 Å². The van der Waals surface area contributed by atoms with Gasteiger partial charge in [-0.1, -0.05) is 24.3 Å². The number of carbonyl (C=O) groups excluding carboxylic acids is 1. The lowest BCUT2D eigenvalue weighted by molar-refractivity contribution is -0.134. The first-order chi connectivity index (χ1) is 9.28. The number of hydrogen-bond acceptors (Lipinski definition) is 4. The third-order valence-corrected chi connectivity index (χ3v) is 3.21. The van der Waals surface area contributed by atoms with Crippen molar-refractivity contribution in [2.75, 3.05) is 33.3 Å². The van der Waals surface area contributed by atoms with Crippen molar-refractivity contribution in [3.8, 4) is 0 Å². The first kappa shape index (κ1) is 13.8. The summed E-state index contributed by atoms with van der Waals surface area (Å²) >= 11 is 0. The molecule has 0 atom stereocenters. The van der Waals surface area contributed by atoms with Crippen LogP contribution in [-0.4, -0.2) is 44.2 Å². The lowest BCUT2D eigenvalue weighted by Gasteiger charge is -2.27. The molecule has 0 radical (unpaired) electrons. The number of esters is 1. The maximum Gasteiger partial charge on any atom is 0.330 e. The van der Waals surface area contributed by atoms with Crippen LogP contribution in [0, 0.1) is 0 Å². The molecule has 1 N–H and O–H groups in total. The Balaban J connectivity index is 1.90. The van der Waals surface area contributed by atoms with Gasteiger partial charge in [0.25, 0.3) is 0 Å². The molecule has 0 saturated carbocycles. The highest BCUT2D eigenvalue weighted by molar-refractivity contribution is 5.86. The van der Waals surface area contributed by atoms with Gasteiger partial charge in [0.1, 0.15) is 0 Å². The van der Waals surface area contributed by atoms with E-state index in [9.17, 15) is 4.79 Å². The predicted octanol–water partition coefficient (Wildman–Crippen LogP) is 1.28. The lowest BCUT2D eigenvalue weighted by Crippen LogP contribution is -2.42. The molecule has 1 saturated heterocycles. The second-order valence-electron chi connectivity index (χ2n) is 4.62. The van der Waals surface area contributed by atoms with Crippen molar-refractivity contribution in [1.82, 2.24) is 10.2 Å². The van der Waals surface area contributed by atoms with Crippen LogP contribution in [0.15, 0.2) is 30.3 Å². The number of carbonyl (C=O) groups is 1. The zero-order chi connectivity index (χ0) is 13.5. The Morgan fingerprint density at radius 3 is 2.63 bits per heavy atom. The molecule has 0 unspecified atom stereocenters. The first-order valence-corrected chi connectivity index (χ1v) is 6.56. The molecule has 1 heterocycles.